The summed E-state index contributed by atoms with van der Waals surface area (Å²) >= 11 is 0. The summed E-state index contributed by atoms with van der Waals surface area (Å²) in [4.78, 5) is 0. The second-order valence-electron chi connectivity index (χ2n) is 11.4. The van der Waals surface area contributed by atoms with Gasteiger partial charge in [0, 0.05) is 6.61 Å². The predicted molar refractivity (Wildman–Crippen MR) is 109 cm³/mol. The number of hydrogen-bond donors (Lipinski definition) is 4. The van der Waals surface area contributed by atoms with Gasteiger partial charge in [-0.05, 0) is 104 Å². The van der Waals surface area contributed by atoms with Crippen LogP contribution in [0.5, 0.6) is 0 Å². The summed E-state index contributed by atoms with van der Waals surface area (Å²) < 4.78 is 0. The number of fused-ring (bicyclic) bond motifs is 5. The summed E-state index contributed by atoms with van der Waals surface area (Å²) in [6.45, 7) is 7.23. The van der Waals surface area contributed by atoms with Gasteiger partial charge in [0.05, 0.1) is 18.3 Å². The van der Waals surface area contributed by atoms with Gasteiger partial charge in [-0.1, -0.05) is 20.8 Å². The molecular weight excluding hydrogens is 352 g/mol. The van der Waals surface area contributed by atoms with Crippen LogP contribution < -0.4 is 0 Å². The monoisotopic (exact) mass is 394 g/mol. The van der Waals surface area contributed by atoms with Gasteiger partial charge in [0.1, 0.15) is 0 Å². The Morgan fingerprint density at radius 3 is 2.43 bits per heavy atom. The van der Waals surface area contributed by atoms with Gasteiger partial charge in [-0.15, -0.1) is 0 Å². The molecule has 0 aromatic heterocycles. The van der Waals surface area contributed by atoms with Crippen LogP contribution in [0.2, 0.25) is 0 Å². The molecule has 0 bridgehead atoms. The van der Waals surface area contributed by atoms with Crippen molar-refractivity contribution in [1.82, 2.24) is 0 Å². The van der Waals surface area contributed by atoms with E-state index >= 15 is 0 Å². The Morgan fingerprint density at radius 2 is 1.71 bits per heavy atom. The molecule has 0 radical (unpaired) electrons. The molecule has 0 spiro atoms. The summed E-state index contributed by atoms with van der Waals surface area (Å²) in [5.41, 5.74) is 0.0282. The second-order valence-corrected chi connectivity index (χ2v) is 11.4. The van der Waals surface area contributed by atoms with E-state index in [4.69, 9.17) is 0 Å². The topological polar surface area (TPSA) is 80.9 Å². The minimum absolute atomic E-state index is 0.117. The van der Waals surface area contributed by atoms with Gasteiger partial charge in [0.25, 0.3) is 0 Å². The summed E-state index contributed by atoms with van der Waals surface area (Å²) in [6.07, 6.45) is 7.62. The molecule has 0 saturated heterocycles. The normalized spacial score (nSPS) is 54.5. The minimum Gasteiger partial charge on any atom is -0.396 e. The van der Waals surface area contributed by atoms with Crippen LogP contribution in [-0.2, 0) is 0 Å². The molecule has 162 valence electrons. The number of hydrogen-bond acceptors (Lipinski definition) is 4. The van der Waals surface area contributed by atoms with Crippen molar-refractivity contribution in [3.8, 4) is 0 Å². The molecule has 4 fully saturated rings. The summed E-state index contributed by atoms with van der Waals surface area (Å²) in [5.74, 6) is 2.41. The fourth-order valence-corrected chi connectivity index (χ4v) is 8.75. The first-order valence-corrected chi connectivity index (χ1v) is 11.9. The predicted octanol–water partition coefficient (Wildman–Crippen LogP) is 3.36. The summed E-state index contributed by atoms with van der Waals surface area (Å²) in [6, 6.07) is 0. The van der Waals surface area contributed by atoms with Crippen molar-refractivity contribution >= 4 is 0 Å². The van der Waals surface area contributed by atoms with E-state index in [9.17, 15) is 20.4 Å². The Balaban J connectivity index is 1.62. The van der Waals surface area contributed by atoms with Gasteiger partial charge in [-0.25, -0.2) is 0 Å². The molecule has 4 N–H and O–H groups in total. The number of aliphatic hydroxyl groups excluding tert-OH is 4. The highest BCUT2D eigenvalue weighted by Crippen LogP contribution is 2.68. The molecule has 4 aliphatic carbocycles. The van der Waals surface area contributed by atoms with E-state index in [0.29, 0.717) is 35.5 Å². The average molecular weight is 395 g/mol. The Bertz CT molecular complexity index is 567. The highest BCUT2D eigenvalue weighted by atomic mass is 16.3. The van der Waals surface area contributed by atoms with Gasteiger partial charge in [-0.3, -0.25) is 0 Å². The SMILES string of the molecule is C[C@H](CCCO)[C@H]1CC[C@H]2[C@@H]3C(O)CC4CC(O)CC[C@]4(C)[C@H]3CC(O)[C@]12C. The first-order valence-electron chi connectivity index (χ1n) is 11.9. The van der Waals surface area contributed by atoms with Crippen LogP contribution in [0.1, 0.15) is 78.6 Å². The lowest BCUT2D eigenvalue weighted by Crippen LogP contribution is -2.62. The van der Waals surface area contributed by atoms with Gasteiger partial charge in [-0.2, -0.15) is 0 Å². The van der Waals surface area contributed by atoms with E-state index in [-0.39, 0.29) is 35.7 Å². The van der Waals surface area contributed by atoms with Crippen LogP contribution in [0, 0.1) is 46.3 Å². The first-order chi connectivity index (χ1) is 13.2. The van der Waals surface area contributed by atoms with Crippen molar-refractivity contribution in [1.29, 1.82) is 0 Å². The molecule has 4 rings (SSSR count). The highest BCUT2D eigenvalue weighted by Gasteiger charge is 2.65. The van der Waals surface area contributed by atoms with Crippen molar-refractivity contribution in [3.63, 3.8) is 0 Å². The van der Waals surface area contributed by atoms with Crippen molar-refractivity contribution in [2.75, 3.05) is 6.61 Å². The Labute approximate surface area is 170 Å². The Hall–Kier alpha value is -0.160. The highest BCUT2D eigenvalue weighted by molar-refractivity contribution is 5.14. The molecular formula is C24H42O4. The van der Waals surface area contributed by atoms with E-state index in [1.807, 2.05) is 0 Å². The van der Waals surface area contributed by atoms with E-state index < -0.39 is 0 Å². The molecule has 11 atom stereocenters. The molecule has 0 aromatic rings. The largest absolute Gasteiger partial charge is 0.396 e. The Morgan fingerprint density at radius 1 is 0.964 bits per heavy atom. The van der Waals surface area contributed by atoms with E-state index in [1.165, 1.54) is 0 Å². The van der Waals surface area contributed by atoms with Gasteiger partial charge in [0.15, 0.2) is 0 Å². The van der Waals surface area contributed by atoms with Crippen LogP contribution in [0.25, 0.3) is 0 Å². The molecule has 0 amide bonds. The average Bonchev–Trinajstić information content (AvgIpc) is 3.01. The maximum absolute atomic E-state index is 11.5. The van der Waals surface area contributed by atoms with Gasteiger partial charge < -0.3 is 20.4 Å². The van der Waals surface area contributed by atoms with Crippen molar-refractivity contribution < 1.29 is 20.4 Å². The third-order valence-corrected chi connectivity index (χ3v) is 10.3. The molecule has 4 saturated carbocycles. The van der Waals surface area contributed by atoms with Crippen LogP contribution in [0.4, 0.5) is 0 Å². The second kappa shape index (κ2) is 7.51. The molecule has 0 aliphatic heterocycles. The molecule has 0 heterocycles. The van der Waals surface area contributed by atoms with Gasteiger partial charge in [0.2, 0.25) is 0 Å². The third-order valence-electron chi connectivity index (χ3n) is 10.3. The zero-order valence-corrected chi connectivity index (χ0v) is 18.1. The quantitative estimate of drug-likeness (QED) is 0.589. The lowest BCUT2D eigenvalue weighted by molar-refractivity contribution is -0.207. The van der Waals surface area contributed by atoms with Crippen molar-refractivity contribution in [3.05, 3.63) is 0 Å². The molecule has 4 nitrogen and oxygen atoms in total. The number of aliphatic hydroxyl groups is 4. The standard InChI is InChI=1S/C24H42O4/c1-14(5-4-10-25)17-6-7-18-22-19(13-21(28)24(17,18)3)23(2)9-8-16(26)11-15(23)12-20(22)27/h14-22,25-28H,4-13H2,1-3H3/t14-,15?,16?,17-,18+,19+,20?,21?,22+,23+,24-/m1/s1. The fraction of sp³-hybridized carbons (Fsp3) is 1.00. The molecule has 28 heavy (non-hydrogen) atoms. The van der Waals surface area contributed by atoms with E-state index in [1.54, 1.807) is 0 Å². The summed E-state index contributed by atoms with van der Waals surface area (Å²) in [5, 5.41) is 42.2. The lowest BCUT2D eigenvalue weighted by atomic mass is 9.43. The van der Waals surface area contributed by atoms with Crippen molar-refractivity contribution in [2.24, 2.45) is 46.3 Å². The minimum atomic E-state index is -0.308. The lowest BCUT2D eigenvalue weighted by Gasteiger charge is -2.63. The molecule has 4 heteroatoms. The molecule has 4 unspecified atom stereocenters. The Kier molecular flexibility index (Phi) is 5.66. The maximum atomic E-state index is 11.5. The van der Waals surface area contributed by atoms with E-state index in [0.717, 1.165) is 57.8 Å². The third kappa shape index (κ3) is 3.01. The molecule has 4 aliphatic rings. The van der Waals surface area contributed by atoms with Crippen molar-refractivity contribution in [2.45, 2.75) is 96.9 Å². The molecule has 0 aromatic carbocycles. The van der Waals surface area contributed by atoms with Crippen LogP contribution in [0.3, 0.4) is 0 Å². The zero-order chi connectivity index (χ0) is 20.3. The first kappa shape index (κ1) is 21.1. The number of rotatable bonds is 4. The zero-order valence-electron chi connectivity index (χ0n) is 18.1. The maximum Gasteiger partial charge on any atom is 0.0602 e. The van der Waals surface area contributed by atoms with Crippen LogP contribution in [-0.4, -0.2) is 45.3 Å². The smallest absolute Gasteiger partial charge is 0.0602 e. The van der Waals surface area contributed by atoms with Crippen LogP contribution >= 0.6 is 0 Å². The van der Waals surface area contributed by atoms with Crippen LogP contribution in [0.15, 0.2) is 0 Å². The van der Waals surface area contributed by atoms with E-state index in [2.05, 4.69) is 20.8 Å². The summed E-state index contributed by atoms with van der Waals surface area (Å²) in [7, 11) is 0. The fourth-order valence-electron chi connectivity index (χ4n) is 8.75. The van der Waals surface area contributed by atoms with Gasteiger partial charge >= 0.3 is 0 Å².